The maximum Gasteiger partial charge on any atom is 0.303 e. The Labute approximate surface area is 118 Å². The molecule has 108 valence electrons. The molecule has 2 rings (SSSR count). The molecule has 1 N–H and O–H groups in total. The molecular formula is C14H23NO3S. The molecule has 4 nitrogen and oxygen atoms in total. The molecule has 2 saturated heterocycles. The number of nitrogens with zero attached hydrogens (tertiary/aromatic N) is 1. The summed E-state index contributed by atoms with van der Waals surface area (Å²) in [6.45, 7) is 2.86. The van der Waals surface area contributed by atoms with Gasteiger partial charge in [0.05, 0.1) is 4.75 Å². The molecule has 2 fully saturated rings. The summed E-state index contributed by atoms with van der Waals surface area (Å²) in [4.78, 5) is 25.4. The van der Waals surface area contributed by atoms with E-state index in [0.29, 0.717) is 6.42 Å². The van der Waals surface area contributed by atoms with E-state index in [-0.39, 0.29) is 23.1 Å². The summed E-state index contributed by atoms with van der Waals surface area (Å²) >= 11 is 1.77. The first-order valence-electron chi connectivity index (χ1n) is 7.20. The van der Waals surface area contributed by atoms with Crippen LogP contribution in [0.3, 0.4) is 0 Å². The number of carboxylic acid groups (broad SMARTS) is 1. The van der Waals surface area contributed by atoms with Crippen molar-refractivity contribution in [3.05, 3.63) is 0 Å². The maximum absolute atomic E-state index is 12.7. The quantitative estimate of drug-likeness (QED) is 0.862. The third kappa shape index (κ3) is 3.44. The van der Waals surface area contributed by atoms with Gasteiger partial charge in [0.2, 0.25) is 5.91 Å². The second kappa shape index (κ2) is 6.16. The molecule has 2 aliphatic rings. The highest BCUT2D eigenvalue weighted by Gasteiger charge is 2.42. The first-order valence-corrected chi connectivity index (χ1v) is 8.18. The molecule has 0 aromatic heterocycles. The molecule has 2 heterocycles. The third-order valence-corrected chi connectivity index (χ3v) is 5.76. The van der Waals surface area contributed by atoms with Gasteiger partial charge < -0.3 is 10.0 Å². The predicted molar refractivity (Wildman–Crippen MR) is 76.3 cm³/mol. The highest BCUT2D eigenvalue weighted by Crippen LogP contribution is 2.40. The molecule has 1 amide bonds. The van der Waals surface area contributed by atoms with Crippen molar-refractivity contribution < 1.29 is 14.7 Å². The van der Waals surface area contributed by atoms with Gasteiger partial charge in [-0.15, -0.1) is 11.8 Å². The molecule has 0 bridgehead atoms. The summed E-state index contributed by atoms with van der Waals surface area (Å²) in [6.07, 6.45) is 5.95. The summed E-state index contributed by atoms with van der Waals surface area (Å²) in [6, 6.07) is 0.135. The molecular weight excluding hydrogens is 262 g/mol. The molecule has 0 radical (unpaired) electrons. The molecule has 0 aromatic carbocycles. The van der Waals surface area contributed by atoms with E-state index in [1.54, 1.807) is 11.8 Å². The largest absolute Gasteiger partial charge is 0.481 e. The third-order valence-electron chi connectivity index (χ3n) is 4.25. The Balaban J connectivity index is 2.01. The van der Waals surface area contributed by atoms with Crippen LogP contribution in [0.1, 0.15) is 51.9 Å². The highest BCUT2D eigenvalue weighted by molar-refractivity contribution is 8.01. The first-order chi connectivity index (χ1) is 9.03. The highest BCUT2D eigenvalue weighted by atomic mass is 32.2. The fraction of sp³-hybridized carbons (Fsp3) is 0.857. The number of thioether (sulfide) groups is 1. The second-order valence-corrected chi connectivity index (χ2v) is 7.36. The van der Waals surface area contributed by atoms with Crippen molar-refractivity contribution in [1.29, 1.82) is 0 Å². The van der Waals surface area contributed by atoms with Gasteiger partial charge in [-0.1, -0.05) is 0 Å². The molecule has 5 heteroatoms. The average molecular weight is 285 g/mol. The van der Waals surface area contributed by atoms with Crippen molar-refractivity contribution in [2.24, 2.45) is 0 Å². The van der Waals surface area contributed by atoms with Crippen LogP contribution in [-0.2, 0) is 9.59 Å². The fourth-order valence-corrected chi connectivity index (χ4v) is 4.38. The van der Waals surface area contributed by atoms with E-state index < -0.39 is 5.97 Å². The minimum absolute atomic E-state index is 0.135. The van der Waals surface area contributed by atoms with Crippen LogP contribution in [0.2, 0.25) is 0 Å². The summed E-state index contributed by atoms with van der Waals surface area (Å²) in [7, 11) is 0. The van der Waals surface area contributed by atoms with Crippen LogP contribution in [-0.4, -0.2) is 45.0 Å². The van der Waals surface area contributed by atoms with Crippen LogP contribution in [0, 0.1) is 0 Å². The van der Waals surface area contributed by atoms with E-state index >= 15 is 0 Å². The van der Waals surface area contributed by atoms with Crippen molar-refractivity contribution in [3.63, 3.8) is 0 Å². The Morgan fingerprint density at radius 2 is 2.16 bits per heavy atom. The van der Waals surface area contributed by atoms with E-state index in [2.05, 4.69) is 6.92 Å². The molecule has 2 atom stereocenters. The standard InChI is InChI=1S/C14H23NO3S/c1-14(8-4-10-19-14)13(18)15-9-3-2-5-11(15)6-7-12(16)17/h11H,2-10H2,1H3,(H,16,17). The lowest BCUT2D eigenvalue weighted by atomic mass is 9.94. The number of likely N-dealkylation sites (tertiary alicyclic amines) is 1. The van der Waals surface area contributed by atoms with Crippen molar-refractivity contribution in [3.8, 4) is 0 Å². The minimum Gasteiger partial charge on any atom is -0.481 e. The summed E-state index contributed by atoms with van der Waals surface area (Å²) in [5.41, 5.74) is 0. The van der Waals surface area contributed by atoms with Gasteiger partial charge in [-0.3, -0.25) is 9.59 Å². The number of hydrogen-bond donors (Lipinski definition) is 1. The Hall–Kier alpha value is -0.710. The Bertz CT molecular complexity index is 353. The number of rotatable bonds is 4. The number of piperidine rings is 1. The van der Waals surface area contributed by atoms with E-state index in [0.717, 1.165) is 44.4 Å². The number of carbonyl (C=O) groups is 2. The number of aliphatic carboxylic acids is 1. The SMILES string of the molecule is CC1(C(=O)N2CCCCC2CCC(=O)O)CCCS1. The topological polar surface area (TPSA) is 57.6 Å². The van der Waals surface area contributed by atoms with Gasteiger partial charge in [-0.25, -0.2) is 0 Å². The van der Waals surface area contributed by atoms with Crippen LogP contribution in [0.15, 0.2) is 0 Å². The molecule has 0 spiro atoms. The molecule has 19 heavy (non-hydrogen) atoms. The van der Waals surface area contributed by atoms with Gasteiger partial charge in [0, 0.05) is 19.0 Å². The first kappa shape index (κ1) is 14.7. The number of amides is 1. The zero-order chi connectivity index (χ0) is 13.9. The van der Waals surface area contributed by atoms with Gasteiger partial charge in [0.15, 0.2) is 0 Å². The van der Waals surface area contributed by atoms with Crippen molar-refractivity contribution in [2.75, 3.05) is 12.3 Å². The monoisotopic (exact) mass is 285 g/mol. The second-order valence-electron chi connectivity index (χ2n) is 5.76. The van der Waals surface area contributed by atoms with Crippen molar-refractivity contribution >= 4 is 23.6 Å². The van der Waals surface area contributed by atoms with Gasteiger partial charge >= 0.3 is 5.97 Å². The smallest absolute Gasteiger partial charge is 0.303 e. The summed E-state index contributed by atoms with van der Waals surface area (Å²) in [5.74, 6) is 0.542. The number of carboxylic acids is 1. The summed E-state index contributed by atoms with van der Waals surface area (Å²) in [5, 5.41) is 8.82. The van der Waals surface area contributed by atoms with E-state index in [9.17, 15) is 9.59 Å². The van der Waals surface area contributed by atoms with Crippen LogP contribution in [0.5, 0.6) is 0 Å². The Morgan fingerprint density at radius 1 is 1.37 bits per heavy atom. The molecule has 2 aliphatic heterocycles. The fourth-order valence-electron chi connectivity index (χ4n) is 3.11. The zero-order valence-electron chi connectivity index (χ0n) is 11.6. The number of hydrogen-bond acceptors (Lipinski definition) is 3. The molecule has 0 saturated carbocycles. The van der Waals surface area contributed by atoms with Crippen molar-refractivity contribution in [2.45, 2.75) is 62.7 Å². The van der Waals surface area contributed by atoms with E-state index in [1.807, 2.05) is 4.90 Å². The molecule has 0 aromatic rings. The van der Waals surface area contributed by atoms with Gasteiger partial charge in [0.25, 0.3) is 0 Å². The molecule has 0 aliphatic carbocycles. The predicted octanol–water partition coefficient (Wildman–Crippen LogP) is 2.52. The van der Waals surface area contributed by atoms with Crippen LogP contribution in [0.4, 0.5) is 0 Å². The lowest BCUT2D eigenvalue weighted by molar-refractivity contribution is -0.141. The van der Waals surface area contributed by atoms with Crippen LogP contribution < -0.4 is 0 Å². The van der Waals surface area contributed by atoms with E-state index in [1.165, 1.54) is 0 Å². The lowest BCUT2D eigenvalue weighted by Gasteiger charge is -2.40. The van der Waals surface area contributed by atoms with Gasteiger partial charge in [-0.2, -0.15) is 0 Å². The maximum atomic E-state index is 12.7. The number of carbonyl (C=O) groups excluding carboxylic acids is 1. The normalized spacial score (nSPS) is 31.4. The zero-order valence-corrected chi connectivity index (χ0v) is 12.4. The van der Waals surface area contributed by atoms with Crippen LogP contribution >= 0.6 is 11.8 Å². The molecule has 2 unspecified atom stereocenters. The lowest BCUT2D eigenvalue weighted by Crippen LogP contribution is -2.51. The van der Waals surface area contributed by atoms with Gasteiger partial charge in [-0.05, 0) is 51.2 Å². The van der Waals surface area contributed by atoms with Crippen LogP contribution in [0.25, 0.3) is 0 Å². The van der Waals surface area contributed by atoms with E-state index in [4.69, 9.17) is 5.11 Å². The minimum atomic E-state index is -0.764. The van der Waals surface area contributed by atoms with Crippen molar-refractivity contribution in [1.82, 2.24) is 4.90 Å². The average Bonchev–Trinajstić information content (AvgIpc) is 2.84. The summed E-state index contributed by atoms with van der Waals surface area (Å²) < 4.78 is -0.265. The van der Waals surface area contributed by atoms with Gasteiger partial charge in [0.1, 0.15) is 0 Å². The Kier molecular flexibility index (Phi) is 4.76. The Morgan fingerprint density at radius 3 is 2.79 bits per heavy atom.